The van der Waals surface area contributed by atoms with Gasteiger partial charge in [-0.1, -0.05) is 0 Å². The molecule has 0 spiro atoms. The van der Waals surface area contributed by atoms with Gasteiger partial charge in [0.1, 0.15) is 4.88 Å². The van der Waals surface area contributed by atoms with Crippen molar-refractivity contribution in [3.63, 3.8) is 0 Å². The van der Waals surface area contributed by atoms with Crippen molar-refractivity contribution in [2.75, 3.05) is 19.0 Å². The lowest BCUT2D eigenvalue weighted by molar-refractivity contribution is 0.0606. The van der Waals surface area contributed by atoms with Gasteiger partial charge in [0.15, 0.2) is 5.11 Å². The molecule has 0 unspecified atom stereocenters. The average molecular weight is 294 g/mol. The maximum absolute atomic E-state index is 11.5. The summed E-state index contributed by atoms with van der Waals surface area (Å²) in [7, 11) is 1.38. The Morgan fingerprint density at radius 2 is 2.21 bits per heavy atom. The van der Waals surface area contributed by atoms with Gasteiger partial charge >= 0.3 is 5.97 Å². The minimum absolute atomic E-state index is 0.307. The van der Waals surface area contributed by atoms with Crippen LogP contribution in [-0.2, 0) is 4.74 Å². The highest BCUT2D eigenvalue weighted by molar-refractivity contribution is 7.80. The number of hydrogen-bond acceptors (Lipinski definition) is 4. The Morgan fingerprint density at radius 1 is 1.42 bits per heavy atom. The van der Waals surface area contributed by atoms with Crippen LogP contribution in [0.3, 0.4) is 0 Å². The lowest BCUT2D eigenvalue weighted by Gasteiger charge is -2.08. The van der Waals surface area contributed by atoms with Gasteiger partial charge < -0.3 is 15.4 Å². The highest BCUT2D eigenvalue weighted by atomic mass is 32.1. The summed E-state index contributed by atoms with van der Waals surface area (Å²) in [6, 6.07) is 7.68. The summed E-state index contributed by atoms with van der Waals surface area (Å²) in [6.45, 7) is 2.76. The molecule has 0 aliphatic rings. The Bertz CT molecular complexity index is 622. The third-order valence-electron chi connectivity index (χ3n) is 2.50. The SMILES string of the molecule is CCNC(=S)Nc1ccc2sc(C(=O)OC)cc2c1. The molecule has 0 fully saturated rings. The fourth-order valence-corrected chi connectivity index (χ4v) is 2.88. The van der Waals surface area contributed by atoms with E-state index in [2.05, 4.69) is 10.6 Å². The van der Waals surface area contributed by atoms with Gasteiger partial charge in [-0.3, -0.25) is 0 Å². The number of hydrogen-bond donors (Lipinski definition) is 2. The number of thiophene rings is 1. The second-order valence-corrected chi connectivity index (χ2v) is 5.33. The number of benzene rings is 1. The number of nitrogens with one attached hydrogen (secondary N) is 2. The molecule has 1 aromatic heterocycles. The monoisotopic (exact) mass is 294 g/mol. The van der Waals surface area contributed by atoms with Crippen molar-refractivity contribution in [2.24, 2.45) is 0 Å². The topological polar surface area (TPSA) is 50.4 Å². The van der Waals surface area contributed by atoms with Crippen LogP contribution in [0.15, 0.2) is 24.3 Å². The number of thiocarbonyl (C=S) groups is 1. The molecule has 100 valence electrons. The predicted octanol–water partition coefficient (Wildman–Crippen LogP) is 2.99. The van der Waals surface area contributed by atoms with Crippen LogP contribution in [0.2, 0.25) is 0 Å². The zero-order chi connectivity index (χ0) is 13.8. The molecular formula is C13H14N2O2S2. The molecule has 0 amide bonds. The number of carbonyl (C=O) groups excluding carboxylic acids is 1. The fourth-order valence-electron chi connectivity index (χ4n) is 1.66. The average Bonchev–Trinajstić information content (AvgIpc) is 2.81. The van der Waals surface area contributed by atoms with E-state index in [4.69, 9.17) is 17.0 Å². The molecule has 19 heavy (non-hydrogen) atoms. The first-order valence-corrected chi connectivity index (χ1v) is 7.03. The first-order valence-electron chi connectivity index (χ1n) is 5.80. The van der Waals surface area contributed by atoms with Crippen molar-refractivity contribution in [3.05, 3.63) is 29.1 Å². The number of fused-ring (bicyclic) bond motifs is 1. The maximum atomic E-state index is 11.5. The summed E-state index contributed by atoms with van der Waals surface area (Å²) in [5.74, 6) is -0.307. The van der Waals surface area contributed by atoms with Crippen molar-refractivity contribution in [3.8, 4) is 0 Å². The molecule has 0 aliphatic carbocycles. The molecule has 0 saturated carbocycles. The number of anilines is 1. The van der Waals surface area contributed by atoms with E-state index in [9.17, 15) is 4.79 Å². The van der Waals surface area contributed by atoms with E-state index in [1.807, 2.05) is 31.2 Å². The molecule has 0 bridgehead atoms. The van der Waals surface area contributed by atoms with E-state index in [1.165, 1.54) is 18.4 Å². The molecule has 0 radical (unpaired) electrons. The molecule has 0 aliphatic heterocycles. The van der Waals surface area contributed by atoms with Crippen LogP contribution < -0.4 is 10.6 Å². The van der Waals surface area contributed by atoms with Gasteiger partial charge in [0, 0.05) is 16.9 Å². The normalized spacial score (nSPS) is 10.2. The molecule has 2 aromatic rings. The van der Waals surface area contributed by atoms with E-state index < -0.39 is 0 Å². The van der Waals surface area contributed by atoms with Crippen molar-refractivity contribution in [1.29, 1.82) is 0 Å². The van der Waals surface area contributed by atoms with Crippen LogP contribution in [0.1, 0.15) is 16.6 Å². The minimum atomic E-state index is -0.307. The first-order chi connectivity index (χ1) is 9.13. The molecule has 6 heteroatoms. The lowest BCUT2D eigenvalue weighted by Crippen LogP contribution is -2.27. The van der Waals surface area contributed by atoms with Gasteiger partial charge in [0.2, 0.25) is 0 Å². The number of carbonyl (C=O) groups is 1. The number of rotatable bonds is 3. The Labute approximate surface area is 120 Å². The second-order valence-electron chi connectivity index (χ2n) is 3.84. The molecule has 1 heterocycles. The van der Waals surface area contributed by atoms with Crippen molar-refractivity contribution in [1.82, 2.24) is 5.32 Å². The van der Waals surface area contributed by atoms with E-state index >= 15 is 0 Å². The van der Waals surface area contributed by atoms with Crippen LogP contribution in [-0.4, -0.2) is 24.7 Å². The highest BCUT2D eigenvalue weighted by Crippen LogP contribution is 2.28. The number of ether oxygens (including phenoxy) is 1. The Balaban J connectivity index is 2.25. The molecule has 2 rings (SSSR count). The predicted molar refractivity (Wildman–Crippen MR) is 83.1 cm³/mol. The second kappa shape index (κ2) is 5.99. The molecule has 0 saturated heterocycles. The Kier molecular flexibility index (Phi) is 4.34. The molecule has 2 N–H and O–H groups in total. The van der Waals surface area contributed by atoms with Crippen molar-refractivity contribution < 1.29 is 9.53 Å². The van der Waals surface area contributed by atoms with Crippen molar-refractivity contribution >= 4 is 50.4 Å². The largest absolute Gasteiger partial charge is 0.465 e. The van der Waals surface area contributed by atoms with Crippen LogP contribution in [0.25, 0.3) is 10.1 Å². The van der Waals surface area contributed by atoms with Crippen LogP contribution in [0.4, 0.5) is 5.69 Å². The smallest absolute Gasteiger partial charge is 0.348 e. The zero-order valence-corrected chi connectivity index (χ0v) is 12.3. The molecule has 0 atom stereocenters. The summed E-state index contributed by atoms with van der Waals surface area (Å²) >= 11 is 6.55. The molecule has 1 aromatic carbocycles. The highest BCUT2D eigenvalue weighted by Gasteiger charge is 2.10. The Morgan fingerprint density at radius 3 is 2.89 bits per heavy atom. The standard InChI is InChI=1S/C13H14N2O2S2/c1-3-14-13(18)15-9-4-5-10-8(6-9)7-11(19-10)12(16)17-2/h4-7H,3H2,1-2H3,(H2,14,15,18). The quantitative estimate of drug-likeness (QED) is 0.673. The van der Waals surface area contributed by atoms with Gasteiger partial charge in [0.25, 0.3) is 0 Å². The van der Waals surface area contributed by atoms with E-state index in [-0.39, 0.29) is 5.97 Å². The summed E-state index contributed by atoms with van der Waals surface area (Å²) in [5.41, 5.74) is 0.896. The van der Waals surface area contributed by atoms with Gasteiger partial charge in [0.05, 0.1) is 7.11 Å². The summed E-state index contributed by atoms with van der Waals surface area (Å²) in [4.78, 5) is 12.1. The lowest BCUT2D eigenvalue weighted by atomic mass is 10.2. The van der Waals surface area contributed by atoms with E-state index in [0.29, 0.717) is 9.99 Å². The Hall–Kier alpha value is -1.66. The maximum Gasteiger partial charge on any atom is 0.348 e. The van der Waals surface area contributed by atoms with Crippen LogP contribution in [0, 0.1) is 0 Å². The minimum Gasteiger partial charge on any atom is -0.465 e. The zero-order valence-electron chi connectivity index (χ0n) is 10.6. The number of methoxy groups -OCH3 is 1. The van der Waals surface area contributed by atoms with Gasteiger partial charge in [-0.2, -0.15) is 0 Å². The first kappa shape index (κ1) is 13.8. The fraction of sp³-hybridized carbons (Fsp3) is 0.231. The van der Waals surface area contributed by atoms with Crippen LogP contribution >= 0.6 is 23.6 Å². The van der Waals surface area contributed by atoms with Gasteiger partial charge in [-0.15, -0.1) is 11.3 Å². The van der Waals surface area contributed by atoms with E-state index in [0.717, 1.165) is 22.3 Å². The third-order valence-corrected chi connectivity index (χ3v) is 3.84. The summed E-state index contributed by atoms with van der Waals surface area (Å²) in [5, 5.41) is 7.70. The summed E-state index contributed by atoms with van der Waals surface area (Å²) in [6.07, 6.45) is 0. The number of esters is 1. The molecule has 4 nitrogen and oxygen atoms in total. The van der Waals surface area contributed by atoms with Gasteiger partial charge in [-0.25, -0.2) is 4.79 Å². The van der Waals surface area contributed by atoms with Crippen LogP contribution in [0.5, 0.6) is 0 Å². The molecular weight excluding hydrogens is 280 g/mol. The van der Waals surface area contributed by atoms with E-state index in [1.54, 1.807) is 0 Å². The van der Waals surface area contributed by atoms with Crippen molar-refractivity contribution in [2.45, 2.75) is 6.92 Å². The van der Waals surface area contributed by atoms with Gasteiger partial charge in [-0.05, 0) is 48.8 Å². The summed E-state index contributed by atoms with van der Waals surface area (Å²) < 4.78 is 5.76. The third kappa shape index (κ3) is 3.21.